The van der Waals surface area contributed by atoms with Crippen molar-refractivity contribution in [3.05, 3.63) is 30.1 Å². The molecule has 2 aliphatic heterocycles. The summed E-state index contributed by atoms with van der Waals surface area (Å²) in [5.41, 5.74) is 3.12. The van der Waals surface area contributed by atoms with Gasteiger partial charge in [-0.05, 0) is 37.4 Å². The van der Waals surface area contributed by atoms with Crippen LogP contribution in [0.15, 0.2) is 24.5 Å². The normalized spacial score (nSPS) is 27.8. The molecule has 3 heterocycles. The Bertz CT molecular complexity index is 907. The van der Waals surface area contributed by atoms with Crippen LogP contribution in [0.2, 0.25) is 0 Å². The molecule has 2 aromatic rings. The van der Waals surface area contributed by atoms with Crippen molar-refractivity contribution >= 4 is 16.7 Å². The van der Waals surface area contributed by atoms with E-state index in [9.17, 15) is 10.4 Å². The summed E-state index contributed by atoms with van der Waals surface area (Å²) in [5.74, 6) is 0. The first-order chi connectivity index (χ1) is 13.4. The molecular formula is C21H28N6O. The van der Waals surface area contributed by atoms with Crippen LogP contribution in [0.5, 0.6) is 0 Å². The maximum atomic E-state index is 10.4. The molecule has 0 bridgehead atoms. The molecule has 0 amide bonds. The van der Waals surface area contributed by atoms with Gasteiger partial charge in [0.25, 0.3) is 0 Å². The van der Waals surface area contributed by atoms with E-state index in [1.54, 1.807) is 12.4 Å². The van der Waals surface area contributed by atoms with Gasteiger partial charge in [-0.2, -0.15) is 5.26 Å². The van der Waals surface area contributed by atoms with Gasteiger partial charge in [-0.1, -0.05) is 13.8 Å². The quantitative estimate of drug-likeness (QED) is 0.838. The van der Waals surface area contributed by atoms with E-state index in [1.165, 1.54) is 0 Å². The summed E-state index contributed by atoms with van der Waals surface area (Å²) in [6.45, 7) is 7.23. The number of aliphatic hydroxyl groups excluding tert-OH is 1. The number of likely N-dealkylation sites (N-methyl/N-ethyl adjacent to an activating group) is 1. The zero-order valence-corrected chi connectivity index (χ0v) is 16.8. The summed E-state index contributed by atoms with van der Waals surface area (Å²) in [5, 5.41) is 23.5. The second-order valence-electron chi connectivity index (χ2n) is 8.90. The average molecular weight is 380 g/mol. The smallest absolute Gasteiger partial charge is 0.122 e. The Kier molecular flexibility index (Phi) is 4.96. The van der Waals surface area contributed by atoms with Gasteiger partial charge in [-0.25, -0.2) is 0 Å². The zero-order chi connectivity index (χ0) is 19.9. The van der Waals surface area contributed by atoms with Crippen LogP contribution in [0.3, 0.4) is 0 Å². The first kappa shape index (κ1) is 19.1. The molecule has 7 nitrogen and oxygen atoms in total. The SMILES string of the molecule is CN1CCC(N[C@H]2CN(c3ccc(C#N)c4nccnc34)CC(C)(C)C2)C1O. The molecule has 0 radical (unpaired) electrons. The lowest BCUT2D eigenvalue weighted by Crippen LogP contribution is -2.56. The fraction of sp³-hybridized carbons (Fsp3) is 0.571. The van der Waals surface area contributed by atoms with Crippen LogP contribution in [-0.2, 0) is 0 Å². The van der Waals surface area contributed by atoms with Crippen LogP contribution >= 0.6 is 0 Å². The Balaban J connectivity index is 1.63. The largest absolute Gasteiger partial charge is 0.377 e. The van der Waals surface area contributed by atoms with Crippen LogP contribution in [0.25, 0.3) is 11.0 Å². The molecule has 3 atom stereocenters. The van der Waals surface area contributed by atoms with E-state index in [1.807, 2.05) is 24.1 Å². The van der Waals surface area contributed by atoms with E-state index < -0.39 is 6.23 Å². The summed E-state index contributed by atoms with van der Waals surface area (Å²) in [6.07, 6.45) is 4.90. The van der Waals surface area contributed by atoms with Crippen molar-refractivity contribution in [2.75, 3.05) is 31.6 Å². The highest BCUT2D eigenvalue weighted by atomic mass is 16.3. The predicted molar refractivity (Wildman–Crippen MR) is 109 cm³/mol. The number of rotatable bonds is 3. The lowest BCUT2D eigenvalue weighted by molar-refractivity contribution is 0.0317. The van der Waals surface area contributed by atoms with Gasteiger partial charge >= 0.3 is 0 Å². The monoisotopic (exact) mass is 380 g/mol. The van der Waals surface area contributed by atoms with Crippen LogP contribution in [-0.4, -0.2) is 65.0 Å². The number of piperidine rings is 1. The van der Waals surface area contributed by atoms with Crippen molar-refractivity contribution in [1.82, 2.24) is 20.2 Å². The van der Waals surface area contributed by atoms with E-state index in [2.05, 4.69) is 40.1 Å². The molecule has 28 heavy (non-hydrogen) atoms. The molecule has 4 rings (SSSR count). The lowest BCUT2D eigenvalue weighted by atomic mass is 9.81. The lowest BCUT2D eigenvalue weighted by Gasteiger charge is -2.45. The molecule has 1 aromatic carbocycles. The zero-order valence-electron chi connectivity index (χ0n) is 16.8. The fourth-order valence-corrected chi connectivity index (χ4v) is 4.73. The minimum absolute atomic E-state index is 0.100. The number of benzene rings is 1. The highest BCUT2D eigenvalue weighted by molar-refractivity contribution is 5.92. The highest BCUT2D eigenvalue weighted by Crippen LogP contribution is 2.35. The van der Waals surface area contributed by atoms with E-state index in [0.29, 0.717) is 11.1 Å². The number of aliphatic hydroxyl groups is 1. The van der Waals surface area contributed by atoms with Gasteiger partial charge in [-0.15, -0.1) is 0 Å². The number of nitrogens with zero attached hydrogens (tertiary/aromatic N) is 5. The molecule has 0 saturated carbocycles. The number of hydrogen-bond acceptors (Lipinski definition) is 7. The molecule has 2 aliphatic rings. The van der Waals surface area contributed by atoms with Gasteiger partial charge in [0.2, 0.25) is 0 Å². The standard InChI is InChI=1S/C21H28N6O/c1-21(2)10-15(25-16-6-9-26(3)20(16)28)12-27(13-21)17-5-4-14(11-22)18-19(17)24-8-7-23-18/h4-5,7-8,15-16,20,25,28H,6,9-10,12-13H2,1-3H3/t15-,16?,20?/m1/s1. The number of aromatic nitrogens is 2. The van der Waals surface area contributed by atoms with Gasteiger partial charge in [0.15, 0.2) is 0 Å². The van der Waals surface area contributed by atoms with Gasteiger partial charge in [0.1, 0.15) is 23.3 Å². The third kappa shape index (κ3) is 3.55. The number of anilines is 1. The molecule has 2 saturated heterocycles. The molecule has 1 aromatic heterocycles. The Labute approximate surface area is 166 Å². The fourth-order valence-electron chi connectivity index (χ4n) is 4.73. The topological polar surface area (TPSA) is 88.3 Å². The first-order valence-corrected chi connectivity index (χ1v) is 9.91. The molecule has 2 N–H and O–H groups in total. The van der Waals surface area contributed by atoms with E-state index in [0.717, 1.165) is 43.7 Å². The van der Waals surface area contributed by atoms with Gasteiger partial charge in [-0.3, -0.25) is 14.9 Å². The number of fused-ring (bicyclic) bond motifs is 1. The first-order valence-electron chi connectivity index (χ1n) is 9.91. The van der Waals surface area contributed by atoms with Crippen molar-refractivity contribution in [2.24, 2.45) is 5.41 Å². The highest BCUT2D eigenvalue weighted by Gasteiger charge is 2.37. The summed E-state index contributed by atoms with van der Waals surface area (Å²) >= 11 is 0. The molecule has 0 aliphatic carbocycles. The molecular weight excluding hydrogens is 352 g/mol. The average Bonchev–Trinajstić information content (AvgIpc) is 2.98. The van der Waals surface area contributed by atoms with E-state index in [4.69, 9.17) is 0 Å². The van der Waals surface area contributed by atoms with Crippen LogP contribution < -0.4 is 10.2 Å². The Morgan fingerprint density at radius 1 is 1.25 bits per heavy atom. The van der Waals surface area contributed by atoms with Crippen molar-refractivity contribution < 1.29 is 5.11 Å². The van der Waals surface area contributed by atoms with Gasteiger partial charge in [0.05, 0.1) is 11.3 Å². The molecule has 0 spiro atoms. The van der Waals surface area contributed by atoms with Crippen LogP contribution in [0.4, 0.5) is 5.69 Å². The van der Waals surface area contributed by atoms with Crippen molar-refractivity contribution in [2.45, 2.75) is 45.0 Å². The Hall–Kier alpha value is -2.27. The minimum atomic E-state index is -0.430. The van der Waals surface area contributed by atoms with Crippen LogP contribution in [0, 0.1) is 16.7 Å². The molecule has 148 valence electrons. The summed E-state index contributed by atoms with van der Waals surface area (Å²) < 4.78 is 0. The van der Waals surface area contributed by atoms with Gasteiger partial charge in [0, 0.05) is 44.1 Å². The summed E-state index contributed by atoms with van der Waals surface area (Å²) in [6, 6.07) is 6.42. The molecule has 2 unspecified atom stereocenters. The van der Waals surface area contributed by atoms with Crippen molar-refractivity contribution in [3.8, 4) is 6.07 Å². The third-order valence-corrected chi connectivity index (χ3v) is 5.98. The summed E-state index contributed by atoms with van der Waals surface area (Å²) in [4.78, 5) is 13.3. The minimum Gasteiger partial charge on any atom is -0.377 e. The number of likely N-dealkylation sites (tertiary alicyclic amines) is 1. The molecule has 2 fully saturated rings. The molecule has 7 heteroatoms. The summed E-state index contributed by atoms with van der Waals surface area (Å²) in [7, 11) is 1.96. The Morgan fingerprint density at radius 2 is 2.00 bits per heavy atom. The second-order valence-corrected chi connectivity index (χ2v) is 8.90. The maximum Gasteiger partial charge on any atom is 0.122 e. The Morgan fingerprint density at radius 3 is 2.68 bits per heavy atom. The number of nitrogens with one attached hydrogen (secondary N) is 1. The van der Waals surface area contributed by atoms with Crippen LogP contribution in [0.1, 0.15) is 32.3 Å². The second kappa shape index (κ2) is 7.28. The number of nitriles is 1. The van der Waals surface area contributed by atoms with E-state index >= 15 is 0 Å². The third-order valence-electron chi connectivity index (χ3n) is 5.98. The predicted octanol–water partition coefficient (Wildman–Crippen LogP) is 1.72. The van der Waals surface area contributed by atoms with E-state index in [-0.39, 0.29) is 17.5 Å². The maximum absolute atomic E-state index is 10.4. The van der Waals surface area contributed by atoms with Crippen molar-refractivity contribution in [3.63, 3.8) is 0 Å². The van der Waals surface area contributed by atoms with Gasteiger partial charge < -0.3 is 15.3 Å². The van der Waals surface area contributed by atoms with Crippen molar-refractivity contribution in [1.29, 1.82) is 5.26 Å². The number of hydrogen-bond donors (Lipinski definition) is 2.